The summed E-state index contributed by atoms with van der Waals surface area (Å²) in [5, 5.41) is 0.305. The van der Waals surface area contributed by atoms with Crippen molar-refractivity contribution in [3.8, 4) is 0 Å². The molecule has 0 radical (unpaired) electrons. The number of ketones is 1. The summed E-state index contributed by atoms with van der Waals surface area (Å²) in [6.45, 7) is 1.63. The van der Waals surface area contributed by atoms with E-state index >= 15 is 0 Å². The molecule has 0 saturated heterocycles. The maximum atomic E-state index is 11.7. The number of hydrogen-bond donors (Lipinski definition) is 1. The molecule has 0 fully saturated rings. The Balaban J connectivity index is 2.62. The van der Waals surface area contributed by atoms with Crippen molar-refractivity contribution in [2.45, 2.75) is 13.0 Å². The third-order valence-electron chi connectivity index (χ3n) is 2.03. The highest BCUT2D eigenvalue weighted by atomic mass is 35.5. The van der Waals surface area contributed by atoms with Crippen LogP contribution in [0.2, 0.25) is 5.15 Å². The lowest BCUT2D eigenvalue weighted by molar-refractivity contribution is 0.0962. The lowest BCUT2D eigenvalue weighted by Crippen LogP contribution is -2.27. The number of fused-ring (bicyclic) bond motifs is 1. The first-order chi connectivity index (χ1) is 7.09. The van der Waals surface area contributed by atoms with Crippen LogP contribution in [0.15, 0.2) is 18.6 Å². The van der Waals surface area contributed by atoms with Gasteiger partial charge in [-0.05, 0) is 6.92 Å². The smallest absolute Gasteiger partial charge is 0.197 e. The van der Waals surface area contributed by atoms with Gasteiger partial charge in [-0.15, -0.1) is 0 Å². The SMILES string of the molecule is CC(N)C(=O)c1cnc2cnc(Cl)cn12. The van der Waals surface area contributed by atoms with E-state index in [1.54, 1.807) is 17.5 Å². The summed E-state index contributed by atoms with van der Waals surface area (Å²) in [7, 11) is 0. The number of hydrogen-bond acceptors (Lipinski definition) is 4. The number of halogens is 1. The molecule has 2 N–H and O–H groups in total. The van der Waals surface area contributed by atoms with Gasteiger partial charge < -0.3 is 5.73 Å². The fraction of sp³-hybridized carbons (Fsp3) is 0.222. The van der Waals surface area contributed by atoms with Crippen LogP contribution in [0.5, 0.6) is 0 Å². The molecule has 2 aromatic rings. The van der Waals surface area contributed by atoms with Crippen LogP contribution in [0.4, 0.5) is 0 Å². The predicted octanol–water partition coefficient (Wildman–Crippen LogP) is 0.913. The molecule has 0 aliphatic heterocycles. The number of nitrogens with two attached hydrogens (primary N) is 1. The van der Waals surface area contributed by atoms with E-state index in [2.05, 4.69) is 9.97 Å². The standard InChI is InChI=1S/C9H9ClN4O/c1-5(11)9(15)6-2-13-8-3-12-7(10)4-14(6)8/h2-5H,11H2,1H3. The summed E-state index contributed by atoms with van der Waals surface area (Å²) >= 11 is 5.73. The normalized spacial score (nSPS) is 13.0. The number of carbonyl (C=O) groups excluding carboxylic acids is 1. The molecule has 0 aliphatic rings. The quantitative estimate of drug-likeness (QED) is 0.770. The van der Waals surface area contributed by atoms with E-state index in [9.17, 15) is 4.79 Å². The molecular formula is C9H9ClN4O. The minimum absolute atomic E-state index is 0.176. The summed E-state index contributed by atoms with van der Waals surface area (Å²) in [4.78, 5) is 19.6. The van der Waals surface area contributed by atoms with E-state index in [-0.39, 0.29) is 5.78 Å². The van der Waals surface area contributed by atoms with Crippen molar-refractivity contribution in [1.29, 1.82) is 0 Å². The molecule has 15 heavy (non-hydrogen) atoms. The third kappa shape index (κ3) is 1.71. The molecule has 0 aromatic carbocycles. The highest BCUT2D eigenvalue weighted by Crippen LogP contribution is 2.11. The van der Waals surface area contributed by atoms with Crippen LogP contribution in [-0.4, -0.2) is 26.2 Å². The van der Waals surface area contributed by atoms with Crippen LogP contribution in [0.3, 0.4) is 0 Å². The first kappa shape index (κ1) is 10.1. The van der Waals surface area contributed by atoms with Gasteiger partial charge >= 0.3 is 0 Å². The Morgan fingerprint density at radius 1 is 1.53 bits per heavy atom. The van der Waals surface area contributed by atoms with Crippen LogP contribution in [0.25, 0.3) is 5.65 Å². The average molecular weight is 225 g/mol. The van der Waals surface area contributed by atoms with E-state index in [1.807, 2.05) is 0 Å². The van der Waals surface area contributed by atoms with Crippen molar-refractivity contribution in [3.05, 3.63) is 29.4 Å². The molecule has 1 atom stereocenters. The zero-order valence-electron chi connectivity index (χ0n) is 8.01. The highest BCUT2D eigenvalue weighted by Gasteiger charge is 2.15. The second-order valence-electron chi connectivity index (χ2n) is 3.23. The van der Waals surface area contributed by atoms with Gasteiger partial charge in [-0.25, -0.2) is 9.97 Å². The largest absolute Gasteiger partial charge is 0.321 e. The molecule has 2 rings (SSSR count). The van der Waals surface area contributed by atoms with Crippen molar-refractivity contribution in [3.63, 3.8) is 0 Å². The fourth-order valence-corrected chi connectivity index (χ4v) is 1.43. The molecule has 0 saturated carbocycles. The lowest BCUT2D eigenvalue weighted by Gasteiger charge is -2.03. The Morgan fingerprint density at radius 2 is 2.27 bits per heavy atom. The Morgan fingerprint density at radius 3 is 2.93 bits per heavy atom. The van der Waals surface area contributed by atoms with Gasteiger partial charge in [0.2, 0.25) is 0 Å². The zero-order chi connectivity index (χ0) is 11.0. The van der Waals surface area contributed by atoms with Crippen LogP contribution >= 0.6 is 11.6 Å². The predicted molar refractivity (Wildman–Crippen MR) is 56.0 cm³/mol. The molecule has 0 aliphatic carbocycles. The van der Waals surface area contributed by atoms with Crippen molar-refractivity contribution >= 4 is 23.0 Å². The van der Waals surface area contributed by atoms with Crippen molar-refractivity contribution in [2.75, 3.05) is 0 Å². The van der Waals surface area contributed by atoms with Crippen LogP contribution in [-0.2, 0) is 0 Å². The summed E-state index contributed by atoms with van der Waals surface area (Å²) in [6.07, 6.45) is 4.51. The van der Waals surface area contributed by atoms with E-state index in [4.69, 9.17) is 17.3 Å². The van der Waals surface area contributed by atoms with Gasteiger partial charge in [0.05, 0.1) is 18.4 Å². The third-order valence-corrected chi connectivity index (χ3v) is 2.23. The van der Waals surface area contributed by atoms with Gasteiger partial charge in [0.1, 0.15) is 10.8 Å². The molecule has 0 amide bonds. The summed E-state index contributed by atoms with van der Waals surface area (Å²) in [6, 6.07) is -0.558. The van der Waals surface area contributed by atoms with E-state index in [0.717, 1.165) is 0 Å². The molecule has 78 valence electrons. The maximum absolute atomic E-state index is 11.7. The Kier molecular flexibility index (Phi) is 2.42. The van der Waals surface area contributed by atoms with Gasteiger partial charge in [-0.2, -0.15) is 0 Å². The maximum Gasteiger partial charge on any atom is 0.197 e. The number of aromatic nitrogens is 3. The van der Waals surface area contributed by atoms with E-state index in [1.165, 1.54) is 12.4 Å². The number of rotatable bonds is 2. The summed E-state index contributed by atoms with van der Waals surface area (Å²) in [5.41, 5.74) is 6.51. The second-order valence-corrected chi connectivity index (χ2v) is 3.62. The highest BCUT2D eigenvalue weighted by molar-refractivity contribution is 6.29. The van der Waals surface area contributed by atoms with Gasteiger partial charge in [-0.1, -0.05) is 11.6 Å². The van der Waals surface area contributed by atoms with Crippen molar-refractivity contribution < 1.29 is 4.79 Å². The van der Waals surface area contributed by atoms with Crippen molar-refractivity contribution in [1.82, 2.24) is 14.4 Å². The number of imidazole rings is 1. The number of carbonyl (C=O) groups is 1. The first-order valence-corrected chi connectivity index (χ1v) is 4.76. The number of Topliss-reactive ketones (excluding diaryl/α,β-unsaturated/α-hetero) is 1. The van der Waals surface area contributed by atoms with E-state index in [0.29, 0.717) is 16.5 Å². The minimum atomic E-state index is -0.558. The molecule has 0 bridgehead atoms. The van der Waals surface area contributed by atoms with Gasteiger partial charge in [-0.3, -0.25) is 9.20 Å². The van der Waals surface area contributed by atoms with Crippen molar-refractivity contribution in [2.24, 2.45) is 5.73 Å². The van der Waals surface area contributed by atoms with Crippen LogP contribution in [0, 0.1) is 0 Å². The molecule has 2 aromatic heterocycles. The Hall–Kier alpha value is -1.46. The molecule has 1 unspecified atom stereocenters. The minimum Gasteiger partial charge on any atom is -0.321 e. The Labute approximate surface area is 90.9 Å². The monoisotopic (exact) mass is 224 g/mol. The summed E-state index contributed by atoms with van der Waals surface area (Å²) in [5.74, 6) is -0.176. The second kappa shape index (κ2) is 3.60. The van der Waals surface area contributed by atoms with E-state index < -0.39 is 6.04 Å². The van der Waals surface area contributed by atoms with Gasteiger partial charge in [0.15, 0.2) is 11.4 Å². The fourth-order valence-electron chi connectivity index (χ4n) is 1.28. The number of nitrogens with zero attached hydrogens (tertiary/aromatic N) is 3. The topological polar surface area (TPSA) is 73.3 Å². The van der Waals surface area contributed by atoms with Crippen LogP contribution in [0.1, 0.15) is 17.4 Å². The zero-order valence-corrected chi connectivity index (χ0v) is 8.77. The molecule has 2 heterocycles. The molecular weight excluding hydrogens is 216 g/mol. The van der Waals surface area contributed by atoms with Gasteiger partial charge in [0.25, 0.3) is 0 Å². The average Bonchev–Trinajstić information content (AvgIpc) is 2.59. The summed E-state index contributed by atoms with van der Waals surface area (Å²) < 4.78 is 1.58. The molecule has 5 nitrogen and oxygen atoms in total. The van der Waals surface area contributed by atoms with Gasteiger partial charge in [0, 0.05) is 6.20 Å². The first-order valence-electron chi connectivity index (χ1n) is 4.38. The molecule has 6 heteroatoms. The lowest BCUT2D eigenvalue weighted by atomic mass is 10.2. The molecule has 0 spiro atoms. The van der Waals surface area contributed by atoms with Crippen LogP contribution < -0.4 is 5.73 Å². The Bertz CT molecular complexity index is 520.